The maximum atomic E-state index is 12.7. The van der Waals surface area contributed by atoms with Crippen LogP contribution in [-0.2, 0) is 0 Å². The van der Waals surface area contributed by atoms with Crippen molar-refractivity contribution in [3.63, 3.8) is 0 Å². The molecule has 1 N–H and O–H groups in total. The van der Waals surface area contributed by atoms with Gasteiger partial charge >= 0.3 is 0 Å². The number of hydrogen-bond acceptors (Lipinski definition) is 6. The highest BCUT2D eigenvalue weighted by Crippen LogP contribution is 2.22. The third kappa shape index (κ3) is 4.11. The van der Waals surface area contributed by atoms with Crippen LogP contribution in [0.1, 0.15) is 16.1 Å². The number of aromatic nitrogens is 3. The first-order valence-electron chi connectivity index (χ1n) is 8.44. The molecule has 25 heavy (non-hydrogen) atoms. The minimum absolute atomic E-state index is 0.0401. The molecule has 0 radical (unpaired) electrons. The fraction of sp³-hybridized carbons (Fsp3) is 0.444. The Balaban J connectivity index is 1.75. The van der Waals surface area contributed by atoms with Crippen LogP contribution >= 0.6 is 0 Å². The highest BCUT2D eigenvalue weighted by atomic mass is 16.1. The Morgan fingerprint density at radius 2 is 1.92 bits per heavy atom. The molecule has 3 rings (SSSR count). The molecule has 0 aliphatic carbocycles. The Labute approximate surface area is 148 Å². The Bertz CT molecular complexity index is 721. The number of anilines is 1. The van der Waals surface area contributed by atoms with Crippen molar-refractivity contribution < 1.29 is 4.79 Å². The second-order valence-corrected chi connectivity index (χ2v) is 6.69. The van der Waals surface area contributed by atoms with Gasteiger partial charge in [0.2, 0.25) is 5.95 Å². The second-order valence-electron chi connectivity index (χ2n) is 6.69. The first kappa shape index (κ1) is 17.3. The third-order valence-corrected chi connectivity index (χ3v) is 4.44. The van der Waals surface area contributed by atoms with Crippen LogP contribution in [0.15, 0.2) is 36.8 Å². The monoisotopic (exact) mass is 340 g/mol. The summed E-state index contributed by atoms with van der Waals surface area (Å²) in [4.78, 5) is 29.8. The quantitative estimate of drug-likeness (QED) is 0.874. The van der Waals surface area contributed by atoms with Gasteiger partial charge < -0.3 is 15.1 Å². The Kier molecular flexibility index (Phi) is 5.23. The van der Waals surface area contributed by atoms with E-state index in [9.17, 15) is 4.79 Å². The summed E-state index contributed by atoms with van der Waals surface area (Å²) in [5.41, 5.74) is 1.37. The van der Waals surface area contributed by atoms with E-state index in [2.05, 4.69) is 30.1 Å². The van der Waals surface area contributed by atoms with Crippen LogP contribution in [0, 0.1) is 12.8 Å². The number of pyridine rings is 1. The van der Waals surface area contributed by atoms with E-state index in [0.717, 1.165) is 18.8 Å². The average molecular weight is 340 g/mol. The van der Waals surface area contributed by atoms with Crippen LogP contribution in [0.3, 0.4) is 0 Å². The van der Waals surface area contributed by atoms with Gasteiger partial charge in [0.1, 0.15) is 0 Å². The van der Waals surface area contributed by atoms with Gasteiger partial charge in [-0.2, -0.15) is 0 Å². The zero-order valence-electron chi connectivity index (χ0n) is 14.9. The summed E-state index contributed by atoms with van der Waals surface area (Å²) in [5, 5.41) is 3.19. The molecular formula is C18H24N6O. The lowest BCUT2D eigenvalue weighted by molar-refractivity contribution is 0.0927. The van der Waals surface area contributed by atoms with Crippen molar-refractivity contribution in [1.82, 2.24) is 25.2 Å². The minimum Gasteiger partial charge on any atom is -0.347 e. The maximum Gasteiger partial charge on any atom is 0.253 e. The van der Waals surface area contributed by atoms with E-state index in [4.69, 9.17) is 0 Å². The van der Waals surface area contributed by atoms with Crippen LogP contribution in [0.2, 0.25) is 0 Å². The zero-order valence-corrected chi connectivity index (χ0v) is 14.9. The van der Waals surface area contributed by atoms with Gasteiger partial charge in [0.25, 0.3) is 5.91 Å². The third-order valence-electron chi connectivity index (χ3n) is 4.44. The highest BCUT2D eigenvalue weighted by Gasteiger charge is 2.35. The van der Waals surface area contributed by atoms with Gasteiger partial charge in [-0.15, -0.1) is 0 Å². The zero-order chi connectivity index (χ0) is 17.8. The van der Waals surface area contributed by atoms with Crippen LogP contribution < -0.4 is 10.2 Å². The van der Waals surface area contributed by atoms with Crippen molar-refractivity contribution in [2.75, 3.05) is 38.6 Å². The lowest BCUT2D eigenvalue weighted by Gasteiger charge is -2.22. The first-order chi connectivity index (χ1) is 12.0. The molecule has 0 unspecified atom stereocenters. The lowest BCUT2D eigenvalue weighted by Crippen LogP contribution is -2.43. The van der Waals surface area contributed by atoms with E-state index < -0.39 is 0 Å². The molecule has 1 fully saturated rings. The molecule has 1 aliphatic rings. The van der Waals surface area contributed by atoms with E-state index >= 15 is 0 Å². The number of nitrogens with one attached hydrogen (secondary N) is 1. The number of carbonyl (C=O) groups is 1. The molecule has 7 nitrogen and oxygen atoms in total. The Morgan fingerprint density at radius 3 is 2.60 bits per heavy atom. The van der Waals surface area contributed by atoms with Gasteiger partial charge in [0.05, 0.1) is 11.6 Å². The minimum atomic E-state index is -0.0739. The largest absolute Gasteiger partial charge is 0.347 e. The van der Waals surface area contributed by atoms with Crippen molar-refractivity contribution in [1.29, 1.82) is 0 Å². The molecule has 7 heteroatoms. The molecule has 2 aromatic heterocycles. The molecule has 2 aromatic rings. The van der Waals surface area contributed by atoms with E-state index in [1.165, 1.54) is 0 Å². The van der Waals surface area contributed by atoms with Crippen molar-refractivity contribution in [2.24, 2.45) is 5.92 Å². The molecule has 0 saturated carbocycles. The SMILES string of the molecule is Cc1ncccc1C(=O)N[C@@H]1CN(c2ncccn2)C[C@H]1CN(C)C. The summed E-state index contributed by atoms with van der Waals surface area (Å²) in [6.45, 7) is 4.26. The lowest BCUT2D eigenvalue weighted by atomic mass is 10.0. The number of hydrogen-bond donors (Lipinski definition) is 1. The molecule has 0 bridgehead atoms. The molecule has 0 spiro atoms. The number of amides is 1. The van der Waals surface area contributed by atoms with Gasteiger partial charge in [-0.25, -0.2) is 9.97 Å². The van der Waals surface area contributed by atoms with Gasteiger partial charge in [-0.1, -0.05) is 0 Å². The van der Waals surface area contributed by atoms with E-state index in [1.54, 1.807) is 30.7 Å². The van der Waals surface area contributed by atoms with Crippen molar-refractivity contribution in [3.8, 4) is 0 Å². The first-order valence-corrected chi connectivity index (χ1v) is 8.44. The van der Waals surface area contributed by atoms with Gasteiger partial charge in [-0.05, 0) is 39.2 Å². The Morgan fingerprint density at radius 1 is 1.20 bits per heavy atom. The smallest absolute Gasteiger partial charge is 0.253 e. The van der Waals surface area contributed by atoms with Crippen LogP contribution in [-0.4, -0.2) is 65.5 Å². The van der Waals surface area contributed by atoms with Gasteiger partial charge in [-0.3, -0.25) is 9.78 Å². The fourth-order valence-electron chi connectivity index (χ4n) is 3.28. The van der Waals surface area contributed by atoms with Gasteiger partial charge in [0.15, 0.2) is 0 Å². The number of carbonyl (C=O) groups excluding carboxylic acids is 1. The van der Waals surface area contributed by atoms with Crippen molar-refractivity contribution in [2.45, 2.75) is 13.0 Å². The van der Waals surface area contributed by atoms with E-state index in [1.807, 2.05) is 27.1 Å². The van der Waals surface area contributed by atoms with Gasteiger partial charge in [0, 0.05) is 49.8 Å². The number of aryl methyl sites for hydroxylation is 1. The molecule has 1 saturated heterocycles. The van der Waals surface area contributed by atoms with E-state index in [-0.39, 0.29) is 11.9 Å². The molecule has 1 amide bonds. The van der Waals surface area contributed by atoms with Crippen LogP contribution in [0.4, 0.5) is 5.95 Å². The predicted molar refractivity (Wildman–Crippen MR) is 96.5 cm³/mol. The summed E-state index contributed by atoms with van der Waals surface area (Å²) in [6, 6.07) is 5.45. The predicted octanol–water partition coefficient (Wildman–Crippen LogP) is 0.976. The molecular weight excluding hydrogens is 316 g/mol. The molecule has 0 aromatic carbocycles. The fourth-order valence-corrected chi connectivity index (χ4v) is 3.28. The molecule has 132 valence electrons. The number of nitrogens with zero attached hydrogens (tertiary/aromatic N) is 5. The second kappa shape index (κ2) is 7.57. The average Bonchev–Trinajstić information content (AvgIpc) is 2.98. The summed E-state index contributed by atoms with van der Waals surface area (Å²) >= 11 is 0. The standard InChI is InChI=1S/C18H24N6O/c1-13-15(6-4-7-19-13)17(25)22-16-12-24(11-14(16)10-23(2)3)18-20-8-5-9-21-18/h4-9,14,16H,10-12H2,1-3H3,(H,22,25)/t14-,16-/m1/s1. The van der Waals surface area contributed by atoms with E-state index in [0.29, 0.717) is 24.0 Å². The normalized spacial score (nSPS) is 20.1. The van der Waals surface area contributed by atoms with Crippen LogP contribution in [0.5, 0.6) is 0 Å². The van der Waals surface area contributed by atoms with Crippen molar-refractivity contribution >= 4 is 11.9 Å². The maximum absolute atomic E-state index is 12.7. The summed E-state index contributed by atoms with van der Waals surface area (Å²) < 4.78 is 0. The molecule has 3 heterocycles. The highest BCUT2D eigenvalue weighted by molar-refractivity contribution is 5.95. The molecule has 1 aliphatic heterocycles. The van der Waals surface area contributed by atoms with Crippen molar-refractivity contribution in [3.05, 3.63) is 48.0 Å². The molecule has 2 atom stereocenters. The van der Waals surface area contributed by atoms with Crippen LogP contribution in [0.25, 0.3) is 0 Å². The topological polar surface area (TPSA) is 74.2 Å². The summed E-state index contributed by atoms with van der Waals surface area (Å²) in [6.07, 6.45) is 5.19. The number of rotatable bonds is 5. The summed E-state index contributed by atoms with van der Waals surface area (Å²) in [5.74, 6) is 0.940. The Hall–Kier alpha value is -2.54. The summed E-state index contributed by atoms with van der Waals surface area (Å²) in [7, 11) is 4.09.